The van der Waals surface area contributed by atoms with E-state index in [1.807, 2.05) is 31.2 Å². The molecule has 2 atom stereocenters. The summed E-state index contributed by atoms with van der Waals surface area (Å²) < 4.78 is 13.1. The van der Waals surface area contributed by atoms with Gasteiger partial charge in [0, 0.05) is 22.4 Å². The van der Waals surface area contributed by atoms with Crippen LogP contribution in [0.2, 0.25) is 19.6 Å². The number of rotatable bonds is 4. The third-order valence-corrected chi connectivity index (χ3v) is 10.4. The first-order valence-corrected chi connectivity index (χ1v) is 16.7. The van der Waals surface area contributed by atoms with Crippen LogP contribution in [0.5, 0.6) is 17.4 Å². The van der Waals surface area contributed by atoms with E-state index in [4.69, 9.17) is 14.5 Å². The molecule has 194 valence electrons. The Kier molecular flexibility index (Phi) is 5.31. The molecule has 1 aromatic heterocycles. The van der Waals surface area contributed by atoms with Gasteiger partial charge in [-0.2, -0.15) is 0 Å². The lowest BCUT2D eigenvalue weighted by molar-refractivity contribution is 0.0211. The van der Waals surface area contributed by atoms with Gasteiger partial charge in [-0.05, 0) is 60.9 Å². The standard InChI is InChI=1S/C32H34N2O3Si/c1-19-14-20-12-13-27(33-28(20)26(35)15-19)36-22-16-21(17-23(18-22)38(5,6)7)30-34-29-24-10-8-9-11-25(24)31(2,3)32(29,4)37-30/h8-18,29,35H,1-7H3/t29-,32+/m0/s1. The van der Waals surface area contributed by atoms with Gasteiger partial charge in [0.25, 0.3) is 0 Å². The molecule has 5 nitrogen and oxygen atoms in total. The maximum atomic E-state index is 10.5. The molecular formula is C32H34N2O3Si. The molecule has 2 aliphatic rings. The fraction of sp³-hybridized carbons (Fsp3) is 0.312. The lowest BCUT2D eigenvalue weighted by atomic mass is 9.75. The predicted molar refractivity (Wildman–Crippen MR) is 156 cm³/mol. The number of ether oxygens (including phenoxy) is 2. The number of aliphatic imine (C=N–C) groups is 1. The summed E-state index contributed by atoms with van der Waals surface area (Å²) in [6, 6.07) is 22.3. The second kappa shape index (κ2) is 8.18. The highest BCUT2D eigenvalue weighted by atomic mass is 28.3. The number of nitrogens with zero attached hydrogens (tertiary/aromatic N) is 2. The number of fused-ring (bicyclic) bond motifs is 4. The molecule has 6 heteroatoms. The monoisotopic (exact) mass is 522 g/mol. The molecule has 0 bridgehead atoms. The van der Waals surface area contributed by atoms with Crippen LogP contribution in [0.15, 0.2) is 71.7 Å². The van der Waals surface area contributed by atoms with Crippen LogP contribution in [0, 0.1) is 6.92 Å². The fourth-order valence-electron chi connectivity index (χ4n) is 5.80. The molecule has 38 heavy (non-hydrogen) atoms. The zero-order valence-electron chi connectivity index (χ0n) is 23.1. The minimum absolute atomic E-state index is 0.0582. The maximum Gasteiger partial charge on any atom is 0.219 e. The highest BCUT2D eigenvalue weighted by Crippen LogP contribution is 2.58. The zero-order valence-corrected chi connectivity index (χ0v) is 24.1. The van der Waals surface area contributed by atoms with Gasteiger partial charge in [-0.15, -0.1) is 0 Å². The Morgan fingerprint density at radius 2 is 1.71 bits per heavy atom. The molecule has 0 spiro atoms. The van der Waals surface area contributed by atoms with Gasteiger partial charge in [0.05, 0.1) is 8.07 Å². The van der Waals surface area contributed by atoms with Crippen LogP contribution in [-0.4, -0.2) is 29.7 Å². The lowest BCUT2D eigenvalue weighted by Gasteiger charge is -2.37. The summed E-state index contributed by atoms with van der Waals surface area (Å²) in [5.74, 6) is 1.93. The molecule has 0 fully saturated rings. The average Bonchev–Trinajstić information content (AvgIpc) is 3.29. The van der Waals surface area contributed by atoms with Crippen molar-refractivity contribution in [3.05, 3.63) is 89.0 Å². The smallest absolute Gasteiger partial charge is 0.219 e. The minimum Gasteiger partial charge on any atom is -0.506 e. The molecule has 1 N–H and O–H groups in total. The largest absolute Gasteiger partial charge is 0.506 e. The van der Waals surface area contributed by atoms with Crippen molar-refractivity contribution in [1.82, 2.24) is 4.98 Å². The number of aromatic nitrogens is 1. The van der Waals surface area contributed by atoms with Crippen molar-refractivity contribution in [3.63, 3.8) is 0 Å². The lowest BCUT2D eigenvalue weighted by Crippen LogP contribution is -2.44. The van der Waals surface area contributed by atoms with Crippen LogP contribution in [-0.2, 0) is 10.2 Å². The summed E-state index contributed by atoms with van der Waals surface area (Å²) in [7, 11) is -1.71. The average molecular weight is 523 g/mol. The van der Waals surface area contributed by atoms with Gasteiger partial charge >= 0.3 is 0 Å². The summed E-state index contributed by atoms with van der Waals surface area (Å²) >= 11 is 0. The van der Waals surface area contributed by atoms with Crippen molar-refractivity contribution in [2.24, 2.45) is 4.99 Å². The van der Waals surface area contributed by atoms with E-state index in [9.17, 15) is 5.11 Å². The molecule has 0 saturated carbocycles. The molecule has 6 rings (SSSR count). The number of benzene rings is 3. The van der Waals surface area contributed by atoms with Gasteiger partial charge in [0.1, 0.15) is 28.7 Å². The van der Waals surface area contributed by atoms with E-state index in [1.165, 1.54) is 16.3 Å². The molecule has 0 unspecified atom stereocenters. The fourth-order valence-corrected chi connectivity index (χ4v) is 6.97. The molecule has 0 radical (unpaired) electrons. The van der Waals surface area contributed by atoms with Gasteiger partial charge in [0.15, 0.2) is 0 Å². The van der Waals surface area contributed by atoms with E-state index in [1.54, 1.807) is 6.07 Å². The van der Waals surface area contributed by atoms with Gasteiger partial charge in [-0.1, -0.05) is 69.0 Å². The Morgan fingerprint density at radius 3 is 2.47 bits per heavy atom. The second-order valence-electron chi connectivity index (χ2n) is 12.4. The van der Waals surface area contributed by atoms with E-state index in [2.05, 4.69) is 81.8 Å². The van der Waals surface area contributed by atoms with E-state index in [-0.39, 0.29) is 17.2 Å². The number of aryl methyl sites for hydroxylation is 1. The Bertz CT molecular complexity index is 1640. The van der Waals surface area contributed by atoms with Crippen LogP contribution in [0.3, 0.4) is 0 Å². The first kappa shape index (κ1) is 24.7. The van der Waals surface area contributed by atoms with Crippen LogP contribution in [0.1, 0.15) is 49.1 Å². The molecule has 2 heterocycles. The van der Waals surface area contributed by atoms with E-state index >= 15 is 0 Å². The van der Waals surface area contributed by atoms with Crippen LogP contribution < -0.4 is 9.92 Å². The number of phenolic OH excluding ortho intramolecular Hbond substituents is 1. The summed E-state index contributed by atoms with van der Waals surface area (Å²) in [6.07, 6.45) is 0. The third kappa shape index (κ3) is 3.73. The molecule has 1 aliphatic heterocycles. The summed E-state index contributed by atoms with van der Waals surface area (Å²) in [4.78, 5) is 9.78. The van der Waals surface area contributed by atoms with Crippen molar-refractivity contribution in [1.29, 1.82) is 0 Å². The Labute approximate surface area is 225 Å². The predicted octanol–water partition coefficient (Wildman–Crippen LogP) is 7.15. The summed E-state index contributed by atoms with van der Waals surface area (Å²) in [6.45, 7) is 15.6. The number of pyridine rings is 1. The first-order chi connectivity index (χ1) is 17.9. The summed E-state index contributed by atoms with van der Waals surface area (Å²) in [5.41, 5.74) is 4.31. The molecular weight excluding hydrogens is 488 g/mol. The van der Waals surface area contributed by atoms with Crippen molar-refractivity contribution >= 4 is 30.1 Å². The Hall–Kier alpha value is -3.64. The SMILES string of the molecule is Cc1cc(O)c2nc(Oc3cc(C4=N[C@H]5c6ccccc6C(C)(C)[C@]5(C)O4)cc([Si](C)(C)C)c3)ccc2c1. The van der Waals surface area contributed by atoms with Gasteiger partial charge in [-0.3, -0.25) is 0 Å². The molecule has 1 aliphatic carbocycles. The van der Waals surface area contributed by atoms with Crippen molar-refractivity contribution in [2.75, 3.05) is 0 Å². The second-order valence-corrected chi connectivity index (χ2v) is 17.4. The van der Waals surface area contributed by atoms with Gasteiger partial charge < -0.3 is 14.6 Å². The van der Waals surface area contributed by atoms with E-state index in [0.29, 0.717) is 23.0 Å². The third-order valence-electron chi connectivity index (χ3n) is 8.38. The molecule has 0 amide bonds. The summed E-state index contributed by atoms with van der Waals surface area (Å²) in [5, 5.41) is 12.6. The molecule has 3 aromatic carbocycles. The number of phenols is 1. The van der Waals surface area contributed by atoms with Crippen molar-refractivity contribution < 1.29 is 14.6 Å². The maximum absolute atomic E-state index is 10.5. The normalized spacial score (nSPS) is 21.6. The van der Waals surface area contributed by atoms with E-state index in [0.717, 1.165) is 16.5 Å². The van der Waals surface area contributed by atoms with E-state index < -0.39 is 13.7 Å². The molecule has 0 saturated heterocycles. The molecule has 4 aromatic rings. The Balaban J connectivity index is 1.42. The highest BCUT2D eigenvalue weighted by Gasteiger charge is 2.60. The van der Waals surface area contributed by atoms with Gasteiger partial charge in [0.2, 0.25) is 11.8 Å². The quantitative estimate of drug-likeness (QED) is 0.289. The number of aromatic hydroxyl groups is 1. The van der Waals surface area contributed by atoms with Crippen molar-refractivity contribution in [3.8, 4) is 17.4 Å². The van der Waals surface area contributed by atoms with Gasteiger partial charge in [-0.25, -0.2) is 9.98 Å². The zero-order chi connectivity index (χ0) is 27.0. The van der Waals surface area contributed by atoms with Crippen LogP contribution in [0.25, 0.3) is 10.9 Å². The minimum atomic E-state index is -1.71. The number of hydrogen-bond donors (Lipinski definition) is 1. The number of hydrogen-bond acceptors (Lipinski definition) is 5. The van der Waals surface area contributed by atoms with Crippen LogP contribution in [0.4, 0.5) is 0 Å². The Morgan fingerprint density at radius 1 is 0.947 bits per heavy atom. The van der Waals surface area contributed by atoms with Crippen molar-refractivity contribution in [2.45, 2.75) is 64.4 Å². The van der Waals surface area contributed by atoms with Crippen LogP contribution >= 0.6 is 0 Å². The highest BCUT2D eigenvalue weighted by molar-refractivity contribution is 6.88. The topological polar surface area (TPSA) is 63.9 Å². The first-order valence-electron chi connectivity index (χ1n) is 13.2.